The number of halogens is 2. The molecule has 0 unspecified atom stereocenters. The van der Waals surface area contributed by atoms with Crippen molar-refractivity contribution in [1.29, 1.82) is 0 Å². The molecule has 1 aliphatic heterocycles. The molecule has 0 saturated heterocycles. The average Bonchev–Trinajstić information content (AvgIpc) is 2.94. The zero-order valence-electron chi connectivity index (χ0n) is 24.3. The number of likely N-dealkylation sites (N-methyl/N-ethyl adjacent to an activating group) is 1. The topological polar surface area (TPSA) is 110 Å². The Morgan fingerprint density at radius 2 is 1.51 bits per heavy atom. The van der Waals surface area contributed by atoms with Crippen LogP contribution in [0.2, 0.25) is 0 Å². The van der Waals surface area contributed by atoms with Crippen molar-refractivity contribution in [2.24, 2.45) is 0 Å². The number of carbonyl (C=O) groups is 2. The molecular formula is C29H38F2NO9+. The molecule has 12 heteroatoms. The lowest BCUT2D eigenvalue weighted by atomic mass is 9.86. The Morgan fingerprint density at radius 1 is 0.927 bits per heavy atom. The number of carboxylic acids is 1. The van der Waals surface area contributed by atoms with Gasteiger partial charge in [0.2, 0.25) is 5.75 Å². The van der Waals surface area contributed by atoms with E-state index in [9.17, 15) is 18.4 Å². The van der Waals surface area contributed by atoms with Crippen LogP contribution in [0.15, 0.2) is 24.3 Å². The van der Waals surface area contributed by atoms with Crippen LogP contribution in [0.4, 0.5) is 8.78 Å². The molecule has 1 N–H and O–H groups in total. The number of carbonyl (C=O) groups excluding carboxylic acids is 1. The molecule has 3 rings (SSSR count). The number of carboxylic acid groups (broad SMARTS) is 1. The number of methoxy groups -OCH3 is 5. The van der Waals surface area contributed by atoms with Crippen LogP contribution in [0.5, 0.6) is 28.7 Å². The number of esters is 1. The SMILES string of the molecule is COc1cc2c(cc1OC)[C@@H](Cc1cc(OC)c(OC)c(OC)c1)[N@+](C)(CCCOC(=O)C(F)(F)CC(=O)O)CC2. The summed E-state index contributed by atoms with van der Waals surface area (Å²) in [6, 6.07) is 7.64. The number of hydrogen-bond acceptors (Lipinski definition) is 8. The summed E-state index contributed by atoms with van der Waals surface area (Å²) in [6.07, 6.45) is -0.0289. The molecule has 2 atom stereocenters. The first kappa shape index (κ1) is 31.7. The van der Waals surface area contributed by atoms with E-state index in [1.165, 1.54) is 7.11 Å². The van der Waals surface area contributed by atoms with Gasteiger partial charge >= 0.3 is 17.9 Å². The molecule has 0 spiro atoms. The first-order valence-electron chi connectivity index (χ1n) is 13.1. The van der Waals surface area contributed by atoms with Crippen LogP contribution in [0.25, 0.3) is 0 Å². The van der Waals surface area contributed by atoms with Crippen molar-refractivity contribution in [3.63, 3.8) is 0 Å². The third-order valence-corrected chi connectivity index (χ3v) is 7.52. The van der Waals surface area contributed by atoms with Crippen LogP contribution in [0.1, 0.15) is 35.6 Å². The minimum atomic E-state index is -4.08. The highest BCUT2D eigenvalue weighted by Gasteiger charge is 2.44. The van der Waals surface area contributed by atoms with E-state index in [1.807, 2.05) is 24.3 Å². The number of quaternary nitrogens is 1. The highest BCUT2D eigenvalue weighted by Crippen LogP contribution is 2.45. The van der Waals surface area contributed by atoms with Crippen LogP contribution in [0, 0.1) is 0 Å². The number of alkyl halides is 2. The highest BCUT2D eigenvalue weighted by atomic mass is 19.3. The van der Waals surface area contributed by atoms with Crippen molar-refractivity contribution in [3.8, 4) is 28.7 Å². The lowest BCUT2D eigenvalue weighted by molar-refractivity contribution is -0.941. The summed E-state index contributed by atoms with van der Waals surface area (Å²) in [5.74, 6) is -4.96. The van der Waals surface area contributed by atoms with Crippen LogP contribution in [-0.4, -0.2) is 89.7 Å². The van der Waals surface area contributed by atoms with Gasteiger partial charge in [-0.05, 0) is 35.4 Å². The highest BCUT2D eigenvalue weighted by molar-refractivity contribution is 5.83. The van der Waals surface area contributed by atoms with E-state index >= 15 is 0 Å². The molecule has 1 aliphatic rings. The Labute approximate surface area is 238 Å². The maximum atomic E-state index is 13.8. The fourth-order valence-corrected chi connectivity index (χ4v) is 5.36. The zero-order valence-corrected chi connectivity index (χ0v) is 24.3. The quantitative estimate of drug-likeness (QED) is 0.200. The molecule has 0 fully saturated rings. The van der Waals surface area contributed by atoms with Crippen LogP contribution in [-0.2, 0) is 27.2 Å². The fourth-order valence-electron chi connectivity index (χ4n) is 5.36. The Hall–Kier alpha value is -3.80. The van der Waals surface area contributed by atoms with Gasteiger partial charge in [-0.1, -0.05) is 0 Å². The van der Waals surface area contributed by atoms with E-state index in [0.29, 0.717) is 52.6 Å². The lowest BCUT2D eigenvalue weighted by Crippen LogP contribution is -2.52. The molecule has 0 aromatic heterocycles. The van der Waals surface area contributed by atoms with Gasteiger partial charge in [-0.15, -0.1) is 0 Å². The van der Waals surface area contributed by atoms with Crippen LogP contribution >= 0.6 is 0 Å². The number of ether oxygens (including phenoxy) is 6. The molecule has 2 aromatic carbocycles. The van der Waals surface area contributed by atoms with Gasteiger partial charge in [-0.2, -0.15) is 8.78 Å². The summed E-state index contributed by atoms with van der Waals surface area (Å²) in [7, 11) is 9.87. The first-order valence-corrected chi connectivity index (χ1v) is 13.1. The summed E-state index contributed by atoms with van der Waals surface area (Å²) in [5.41, 5.74) is 3.08. The molecule has 226 valence electrons. The second-order valence-corrected chi connectivity index (χ2v) is 10.1. The third-order valence-electron chi connectivity index (χ3n) is 7.52. The van der Waals surface area contributed by atoms with Gasteiger partial charge in [0.1, 0.15) is 12.5 Å². The van der Waals surface area contributed by atoms with E-state index in [-0.39, 0.29) is 12.6 Å². The van der Waals surface area contributed by atoms with Gasteiger partial charge in [0.15, 0.2) is 23.0 Å². The Morgan fingerprint density at radius 3 is 2.05 bits per heavy atom. The summed E-state index contributed by atoms with van der Waals surface area (Å²) < 4.78 is 60.6. The van der Waals surface area contributed by atoms with Crippen molar-refractivity contribution < 1.29 is 56.4 Å². The van der Waals surface area contributed by atoms with Gasteiger partial charge in [-0.25, -0.2) is 4.79 Å². The van der Waals surface area contributed by atoms with Crippen molar-refractivity contribution in [2.75, 3.05) is 62.3 Å². The van der Waals surface area contributed by atoms with Crippen molar-refractivity contribution in [3.05, 3.63) is 41.0 Å². The number of fused-ring (bicyclic) bond motifs is 1. The maximum absolute atomic E-state index is 13.8. The second-order valence-electron chi connectivity index (χ2n) is 10.1. The largest absolute Gasteiger partial charge is 0.493 e. The molecule has 1 heterocycles. The van der Waals surface area contributed by atoms with Gasteiger partial charge in [0, 0.05) is 24.8 Å². The van der Waals surface area contributed by atoms with E-state index in [2.05, 4.69) is 7.05 Å². The number of hydrogen-bond donors (Lipinski definition) is 1. The molecule has 0 amide bonds. The Balaban J connectivity index is 1.93. The number of benzene rings is 2. The molecule has 0 radical (unpaired) electrons. The van der Waals surface area contributed by atoms with E-state index in [1.54, 1.807) is 28.4 Å². The van der Waals surface area contributed by atoms with E-state index in [0.717, 1.165) is 29.7 Å². The van der Waals surface area contributed by atoms with Crippen LogP contribution < -0.4 is 23.7 Å². The van der Waals surface area contributed by atoms with Gasteiger partial charge in [0.05, 0.1) is 62.3 Å². The standard InChI is InChI=1S/C29H37F2NO9/c1-32(9-7-11-41-28(35)29(30,31)17-26(33)34)10-8-19-15-22(36-2)23(37-3)16-20(19)21(32)12-18-13-24(38-4)27(40-6)25(14-18)39-5/h13-16,21H,7-12,17H2,1-6H3/p+1/t21-,32-/m1/s1. The molecule has 0 bridgehead atoms. The van der Waals surface area contributed by atoms with Crippen molar-refractivity contribution in [2.45, 2.75) is 37.6 Å². The van der Waals surface area contributed by atoms with Crippen molar-refractivity contribution >= 4 is 11.9 Å². The van der Waals surface area contributed by atoms with E-state index in [4.69, 9.17) is 33.5 Å². The number of nitrogens with zero attached hydrogens (tertiary/aromatic N) is 1. The zero-order chi connectivity index (χ0) is 30.4. The monoisotopic (exact) mass is 582 g/mol. The van der Waals surface area contributed by atoms with E-state index < -0.39 is 24.3 Å². The smallest absolute Gasteiger partial charge is 0.377 e. The van der Waals surface area contributed by atoms with Gasteiger partial charge in [-0.3, -0.25) is 4.79 Å². The summed E-state index contributed by atoms with van der Waals surface area (Å²) >= 11 is 0. The summed E-state index contributed by atoms with van der Waals surface area (Å²) in [4.78, 5) is 22.5. The summed E-state index contributed by atoms with van der Waals surface area (Å²) in [5, 5.41) is 8.64. The second kappa shape index (κ2) is 13.2. The van der Waals surface area contributed by atoms with Gasteiger partial charge < -0.3 is 38.0 Å². The molecule has 2 aromatic rings. The van der Waals surface area contributed by atoms with Crippen LogP contribution in [0.3, 0.4) is 0 Å². The molecular weight excluding hydrogens is 544 g/mol. The molecule has 0 saturated carbocycles. The Bertz CT molecular complexity index is 1230. The normalized spacial score (nSPS) is 18.2. The third kappa shape index (κ3) is 7.10. The van der Waals surface area contributed by atoms with Gasteiger partial charge in [0.25, 0.3) is 0 Å². The number of rotatable bonds is 14. The molecule has 0 aliphatic carbocycles. The Kier molecular flexibility index (Phi) is 10.2. The maximum Gasteiger partial charge on any atom is 0.377 e. The predicted octanol–water partition coefficient (Wildman–Crippen LogP) is 4.06. The minimum absolute atomic E-state index is 0.106. The minimum Gasteiger partial charge on any atom is -0.493 e. The summed E-state index contributed by atoms with van der Waals surface area (Å²) in [6.45, 7) is 0.957. The number of aliphatic carboxylic acids is 1. The first-order chi connectivity index (χ1) is 19.4. The average molecular weight is 583 g/mol. The fraction of sp³-hybridized carbons (Fsp3) is 0.517. The van der Waals surface area contributed by atoms with Crippen molar-refractivity contribution in [1.82, 2.24) is 0 Å². The molecule has 41 heavy (non-hydrogen) atoms. The molecule has 10 nitrogen and oxygen atoms in total. The lowest BCUT2D eigenvalue weighted by Gasteiger charge is -2.46. The predicted molar refractivity (Wildman–Crippen MR) is 144 cm³/mol.